The minimum Gasteiger partial charge on any atom is -0.385 e. The average molecular weight is 217 g/mol. The van der Waals surface area contributed by atoms with Gasteiger partial charge in [-0.15, -0.1) is 6.42 Å². The summed E-state index contributed by atoms with van der Waals surface area (Å²) in [5, 5.41) is 13.3. The summed E-state index contributed by atoms with van der Waals surface area (Å²) >= 11 is 0. The first kappa shape index (κ1) is 10.5. The predicted octanol–water partition coefficient (Wildman–Crippen LogP) is 0.954. The Labute approximate surface area is 92.7 Å². The molecule has 2 rings (SSSR count). The summed E-state index contributed by atoms with van der Waals surface area (Å²) in [6, 6.07) is 1.69. The lowest BCUT2D eigenvalue weighted by molar-refractivity contribution is 0.184. The lowest BCUT2D eigenvalue weighted by atomic mass is 10.3. The average Bonchev–Trinajstić information content (AvgIpc) is 2.87. The van der Waals surface area contributed by atoms with Crippen LogP contribution in [0.3, 0.4) is 0 Å². The van der Waals surface area contributed by atoms with Crippen LogP contribution >= 0.6 is 0 Å². The largest absolute Gasteiger partial charge is 0.385 e. The second-order valence-corrected chi connectivity index (χ2v) is 3.42. The van der Waals surface area contributed by atoms with E-state index in [1.807, 2.05) is 0 Å². The lowest BCUT2D eigenvalue weighted by Gasteiger charge is -2.07. The van der Waals surface area contributed by atoms with Gasteiger partial charge in [-0.3, -0.25) is 0 Å². The second-order valence-electron chi connectivity index (χ2n) is 3.42. The van der Waals surface area contributed by atoms with E-state index in [-0.39, 0.29) is 0 Å². The molecule has 0 fully saturated rings. The molecule has 82 valence electrons. The Kier molecular flexibility index (Phi) is 2.75. The predicted molar refractivity (Wildman–Crippen MR) is 56.4 cm³/mol. The summed E-state index contributed by atoms with van der Waals surface area (Å²) in [5.74, 6) is 3.35. The number of imidazole rings is 1. The molecule has 0 aromatic carbocycles. The Morgan fingerprint density at radius 1 is 1.69 bits per heavy atom. The Balaban J connectivity index is 2.21. The molecule has 0 amide bonds. The zero-order chi connectivity index (χ0) is 11.5. The third kappa shape index (κ3) is 1.97. The summed E-state index contributed by atoms with van der Waals surface area (Å²) in [6.07, 6.45) is 7.95. The zero-order valence-electron chi connectivity index (χ0n) is 8.79. The Morgan fingerprint density at radius 2 is 2.50 bits per heavy atom. The van der Waals surface area contributed by atoms with E-state index >= 15 is 0 Å². The minimum absolute atomic E-state index is 0.397. The van der Waals surface area contributed by atoms with E-state index in [1.54, 1.807) is 30.0 Å². The number of nitrogens with zero attached hydrogens (tertiary/aromatic N) is 3. The molecule has 16 heavy (non-hydrogen) atoms. The number of aliphatic hydroxyl groups excluding tert-OH is 1. The first-order chi connectivity index (χ1) is 7.70. The van der Waals surface area contributed by atoms with Gasteiger partial charge in [0.2, 0.25) is 5.76 Å². The fourth-order valence-electron chi connectivity index (χ4n) is 1.45. The third-order valence-corrected chi connectivity index (χ3v) is 2.15. The van der Waals surface area contributed by atoms with Crippen LogP contribution in [-0.2, 0) is 6.54 Å². The molecule has 0 saturated carbocycles. The SMILES string of the molecule is C#Cc1cc(Cn2ccnc2[C@H](C)O)no1. The maximum atomic E-state index is 9.46. The van der Waals surface area contributed by atoms with Gasteiger partial charge in [-0.2, -0.15) is 0 Å². The highest BCUT2D eigenvalue weighted by molar-refractivity contribution is 5.22. The molecule has 0 spiro atoms. The molecule has 0 bridgehead atoms. The van der Waals surface area contributed by atoms with Gasteiger partial charge >= 0.3 is 0 Å². The van der Waals surface area contributed by atoms with Gasteiger partial charge in [0.1, 0.15) is 17.6 Å². The van der Waals surface area contributed by atoms with Gasteiger partial charge in [-0.25, -0.2) is 4.98 Å². The van der Waals surface area contributed by atoms with E-state index in [9.17, 15) is 5.11 Å². The third-order valence-electron chi connectivity index (χ3n) is 2.15. The van der Waals surface area contributed by atoms with E-state index in [4.69, 9.17) is 10.9 Å². The Hall–Kier alpha value is -2.06. The number of rotatable bonds is 3. The summed E-state index contributed by atoms with van der Waals surface area (Å²) in [7, 11) is 0. The number of aliphatic hydroxyl groups is 1. The van der Waals surface area contributed by atoms with Crippen LogP contribution < -0.4 is 0 Å². The minimum atomic E-state index is -0.617. The quantitative estimate of drug-likeness (QED) is 0.777. The van der Waals surface area contributed by atoms with Gasteiger partial charge in [-0.05, 0) is 12.8 Å². The molecule has 0 radical (unpaired) electrons. The lowest BCUT2D eigenvalue weighted by Crippen LogP contribution is -2.07. The van der Waals surface area contributed by atoms with E-state index in [1.165, 1.54) is 0 Å². The van der Waals surface area contributed by atoms with E-state index in [0.29, 0.717) is 23.8 Å². The highest BCUT2D eigenvalue weighted by atomic mass is 16.5. The van der Waals surface area contributed by atoms with Crippen molar-refractivity contribution in [2.75, 3.05) is 0 Å². The molecule has 1 atom stereocenters. The van der Waals surface area contributed by atoms with E-state index in [0.717, 1.165) is 0 Å². The summed E-state index contributed by atoms with van der Waals surface area (Å²) in [4.78, 5) is 4.05. The van der Waals surface area contributed by atoms with Gasteiger partial charge in [0, 0.05) is 18.5 Å². The normalized spacial score (nSPS) is 12.3. The van der Waals surface area contributed by atoms with Crippen LogP contribution in [0.1, 0.15) is 30.3 Å². The van der Waals surface area contributed by atoms with Crippen LogP contribution in [0, 0.1) is 12.3 Å². The van der Waals surface area contributed by atoms with Crippen LogP contribution in [0.4, 0.5) is 0 Å². The van der Waals surface area contributed by atoms with Crippen LogP contribution in [0.25, 0.3) is 0 Å². The molecular weight excluding hydrogens is 206 g/mol. The van der Waals surface area contributed by atoms with E-state index in [2.05, 4.69) is 16.1 Å². The van der Waals surface area contributed by atoms with Crippen molar-refractivity contribution in [3.8, 4) is 12.3 Å². The van der Waals surface area contributed by atoms with Crippen molar-refractivity contribution in [2.45, 2.75) is 19.6 Å². The summed E-state index contributed by atoms with van der Waals surface area (Å²) in [6.45, 7) is 2.14. The molecule has 2 aromatic rings. The molecule has 0 aliphatic heterocycles. The first-order valence-electron chi connectivity index (χ1n) is 4.82. The highest BCUT2D eigenvalue weighted by Crippen LogP contribution is 2.12. The Morgan fingerprint density at radius 3 is 3.12 bits per heavy atom. The second kappa shape index (κ2) is 4.21. The van der Waals surface area contributed by atoms with Gasteiger partial charge < -0.3 is 14.2 Å². The van der Waals surface area contributed by atoms with Gasteiger partial charge in [0.05, 0.1) is 6.54 Å². The topological polar surface area (TPSA) is 64.1 Å². The van der Waals surface area contributed by atoms with Crippen molar-refractivity contribution in [1.82, 2.24) is 14.7 Å². The molecule has 2 heterocycles. The summed E-state index contributed by atoms with van der Waals surface area (Å²) in [5.41, 5.74) is 0.702. The molecule has 0 unspecified atom stereocenters. The molecule has 5 nitrogen and oxygen atoms in total. The molecule has 1 N–H and O–H groups in total. The molecule has 5 heteroatoms. The number of aromatic nitrogens is 3. The summed E-state index contributed by atoms with van der Waals surface area (Å²) < 4.78 is 6.68. The van der Waals surface area contributed by atoms with Gasteiger partial charge in [0.15, 0.2) is 0 Å². The van der Waals surface area contributed by atoms with Crippen LogP contribution in [0.2, 0.25) is 0 Å². The maximum Gasteiger partial charge on any atom is 0.209 e. The van der Waals surface area contributed by atoms with Crippen molar-refractivity contribution in [3.05, 3.63) is 35.7 Å². The van der Waals surface area contributed by atoms with Crippen molar-refractivity contribution >= 4 is 0 Å². The molecule has 0 saturated heterocycles. The molecule has 0 aliphatic carbocycles. The van der Waals surface area contributed by atoms with Crippen molar-refractivity contribution in [3.63, 3.8) is 0 Å². The van der Waals surface area contributed by atoms with Crippen molar-refractivity contribution < 1.29 is 9.63 Å². The number of hydrogen-bond donors (Lipinski definition) is 1. The molecular formula is C11H11N3O2. The van der Waals surface area contributed by atoms with Crippen molar-refractivity contribution in [2.24, 2.45) is 0 Å². The fourth-order valence-corrected chi connectivity index (χ4v) is 1.45. The zero-order valence-corrected chi connectivity index (χ0v) is 8.79. The fraction of sp³-hybridized carbons (Fsp3) is 0.273. The van der Waals surface area contributed by atoms with E-state index < -0.39 is 6.10 Å². The van der Waals surface area contributed by atoms with Crippen molar-refractivity contribution in [1.29, 1.82) is 0 Å². The first-order valence-corrected chi connectivity index (χ1v) is 4.82. The van der Waals surface area contributed by atoms with Gasteiger partial charge in [0.25, 0.3) is 0 Å². The van der Waals surface area contributed by atoms with Gasteiger partial charge in [-0.1, -0.05) is 5.16 Å². The van der Waals surface area contributed by atoms with Crippen LogP contribution in [0.5, 0.6) is 0 Å². The maximum absolute atomic E-state index is 9.46. The Bertz CT molecular complexity index is 519. The smallest absolute Gasteiger partial charge is 0.209 e. The number of terminal acetylenes is 1. The standard InChI is InChI=1S/C11H11N3O2/c1-3-10-6-9(13-16-10)7-14-5-4-12-11(14)8(2)15/h1,4-6,8,15H,7H2,2H3/t8-/m0/s1. The van der Waals surface area contributed by atoms with Crippen LogP contribution in [0.15, 0.2) is 23.0 Å². The monoisotopic (exact) mass is 217 g/mol. The highest BCUT2D eigenvalue weighted by Gasteiger charge is 2.10. The van der Waals surface area contributed by atoms with Crippen LogP contribution in [-0.4, -0.2) is 19.8 Å². The molecule has 2 aromatic heterocycles. The number of hydrogen-bond acceptors (Lipinski definition) is 4. The molecule has 0 aliphatic rings.